The van der Waals surface area contributed by atoms with E-state index in [9.17, 15) is 4.79 Å². The molecule has 0 radical (unpaired) electrons. The van der Waals surface area contributed by atoms with Gasteiger partial charge < -0.3 is 10.1 Å². The van der Waals surface area contributed by atoms with Crippen LogP contribution in [0.25, 0.3) is 0 Å². The third-order valence-corrected chi connectivity index (χ3v) is 1.85. The molecule has 1 aromatic carbocycles. The molecule has 0 aromatic heterocycles. The molecule has 1 aliphatic rings. The Bertz CT molecular complexity index is 284. The van der Waals surface area contributed by atoms with E-state index in [1.54, 1.807) is 0 Å². The second-order valence-corrected chi connectivity index (χ2v) is 2.69. The Morgan fingerprint density at radius 1 is 1.33 bits per heavy atom. The van der Waals surface area contributed by atoms with Crippen molar-refractivity contribution in [3.05, 3.63) is 35.9 Å². The van der Waals surface area contributed by atoms with Crippen LogP contribution in [0.3, 0.4) is 0 Å². The topological polar surface area (TPSA) is 38.3 Å². The molecule has 12 heavy (non-hydrogen) atoms. The van der Waals surface area contributed by atoms with Crippen LogP contribution in [0.15, 0.2) is 30.3 Å². The maximum Gasteiger partial charge on any atom is 0.407 e. The molecule has 0 spiro atoms. The summed E-state index contributed by atoms with van der Waals surface area (Å²) in [7, 11) is 0. The summed E-state index contributed by atoms with van der Waals surface area (Å²) in [5, 5.41) is 2.61. The number of rotatable bonds is 1. The van der Waals surface area contributed by atoms with E-state index in [0.29, 0.717) is 6.54 Å². The summed E-state index contributed by atoms with van der Waals surface area (Å²) >= 11 is 0. The minimum atomic E-state index is -0.330. The number of hydrogen-bond acceptors (Lipinski definition) is 2. The molecule has 0 bridgehead atoms. The van der Waals surface area contributed by atoms with Crippen molar-refractivity contribution in [2.24, 2.45) is 0 Å². The number of benzene rings is 1. The molecule has 1 amide bonds. The molecule has 3 nitrogen and oxygen atoms in total. The van der Waals surface area contributed by atoms with Gasteiger partial charge in [0.2, 0.25) is 0 Å². The SMILES string of the molecule is O=[11C]1NCC(c2ccccc2)O1. The van der Waals surface area contributed by atoms with Crippen molar-refractivity contribution in [1.82, 2.24) is 5.32 Å². The van der Waals surface area contributed by atoms with Crippen LogP contribution < -0.4 is 5.32 Å². The fourth-order valence-electron chi connectivity index (χ4n) is 1.24. The zero-order chi connectivity index (χ0) is 8.39. The van der Waals surface area contributed by atoms with E-state index in [1.165, 1.54) is 0 Å². The Balaban J connectivity index is 2.16. The van der Waals surface area contributed by atoms with Crippen molar-refractivity contribution < 1.29 is 9.53 Å². The third-order valence-electron chi connectivity index (χ3n) is 1.85. The highest BCUT2D eigenvalue weighted by Gasteiger charge is 2.23. The van der Waals surface area contributed by atoms with Crippen LogP contribution in [0, 0.1) is 0 Å². The first-order chi connectivity index (χ1) is 5.86. The van der Waals surface area contributed by atoms with Gasteiger partial charge in [0.1, 0.15) is 6.10 Å². The summed E-state index contributed by atoms with van der Waals surface area (Å²) in [6.07, 6.45) is -0.442. The molecule has 1 aliphatic heterocycles. The average molecular weight is 162 g/mol. The molecule has 0 aliphatic carbocycles. The normalized spacial score (nSPS) is 21.7. The summed E-state index contributed by atoms with van der Waals surface area (Å²) in [5.74, 6) is 0. The molecule has 3 heteroatoms. The van der Waals surface area contributed by atoms with Crippen molar-refractivity contribution >= 4 is 6.09 Å². The Morgan fingerprint density at radius 2 is 2.08 bits per heavy atom. The number of cyclic esters (lactones) is 1. The number of ether oxygens (including phenoxy) is 1. The molecule has 1 saturated heterocycles. The molecular formula is C9H9NO2. The van der Waals surface area contributed by atoms with Crippen LogP contribution in [-0.2, 0) is 4.74 Å². The molecule has 1 N–H and O–H groups in total. The number of carbonyl (C=O) groups excluding carboxylic acids is 1. The molecule has 1 heterocycles. The molecule has 2 rings (SSSR count). The van der Waals surface area contributed by atoms with Crippen LogP contribution in [0.4, 0.5) is 4.79 Å². The van der Waals surface area contributed by atoms with E-state index in [-0.39, 0.29) is 12.2 Å². The van der Waals surface area contributed by atoms with Crippen molar-refractivity contribution in [1.29, 1.82) is 0 Å². The lowest BCUT2D eigenvalue weighted by Gasteiger charge is -2.06. The average Bonchev–Trinajstić information content (AvgIpc) is 2.54. The fourth-order valence-corrected chi connectivity index (χ4v) is 1.24. The van der Waals surface area contributed by atoms with Crippen molar-refractivity contribution in [3.63, 3.8) is 0 Å². The fraction of sp³-hybridized carbons (Fsp3) is 0.222. The zero-order valence-electron chi connectivity index (χ0n) is 6.49. The standard InChI is InChI=1S/C9H9NO2/c11-9-10-6-8(12-9)7-4-2-1-3-5-7/h1-5,8H,6H2,(H,10,11)/i9-1. The first-order valence-electron chi connectivity index (χ1n) is 3.86. The highest BCUT2D eigenvalue weighted by molar-refractivity contribution is 5.69. The van der Waals surface area contributed by atoms with Gasteiger partial charge in [0.25, 0.3) is 0 Å². The van der Waals surface area contributed by atoms with Gasteiger partial charge in [0.15, 0.2) is 0 Å². The molecule has 1 aromatic rings. The van der Waals surface area contributed by atoms with E-state index >= 15 is 0 Å². The minimum Gasteiger partial charge on any atom is -0.439 e. The number of alkyl carbamates (subject to hydrolysis) is 1. The first-order valence-corrected chi connectivity index (χ1v) is 3.86. The van der Waals surface area contributed by atoms with E-state index in [1.807, 2.05) is 30.3 Å². The lowest BCUT2D eigenvalue weighted by atomic mass is 10.1. The van der Waals surface area contributed by atoms with Gasteiger partial charge in [0, 0.05) is 0 Å². The van der Waals surface area contributed by atoms with E-state index in [0.717, 1.165) is 5.56 Å². The highest BCUT2D eigenvalue weighted by atomic mass is 16.5. The zero-order valence-corrected chi connectivity index (χ0v) is 6.49. The van der Waals surface area contributed by atoms with E-state index in [4.69, 9.17) is 4.74 Å². The lowest BCUT2D eigenvalue weighted by Crippen LogP contribution is -2.12. The van der Waals surface area contributed by atoms with Crippen LogP contribution in [0.1, 0.15) is 11.7 Å². The highest BCUT2D eigenvalue weighted by Crippen LogP contribution is 2.19. The smallest absolute Gasteiger partial charge is 0.407 e. The molecule has 1 atom stereocenters. The van der Waals surface area contributed by atoms with Gasteiger partial charge in [-0.3, -0.25) is 0 Å². The molecule has 0 saturated carbocycles. The maximum atomic E-state index is 10.7. The monoisotopic (exact) mass is 162 g/mol. The van der Waals surface area contributed by atoms with Gasteiger partial charge in [-0.2, -0.15) is 0 Å². The van der Waals surface area contributed by atoms with Crippen molar-refractivity contribution in [3.8, 4) is 0 Å². The van der Waals surface area contributed by atoms with E-state index < -0.39 is 0 Å². The maximum absolute atomic E-state index is 10.7. The van der Waals surface area contributed by atoms with Gasteiger partial charge in [-0.15, -0.1) is 0 Å². The minimum absolute atomic E-state index is 0.112. The molecular weight excluding hydrogens is 153 g/mol. The van der Waals surface area contributed by atoms with Crippen LogP contribution in [0.5, 0.6) is 0 Å². The number of nitrogens with one attached hydrogen (secondary N) is 1. The summed E-state index contributed by atoms with van der Waals surface area (Å²) in [5.41, 5.74) is 1.04. The lowest BCUT2D eigenvalue weighted by molar-refractivity contribution is 0.141. The van der Waals surface area contributed by atoms with Gasteiger partial charge in [-0.25, -0.2) is 4.79 Å². The summed E-state index contributed by atoms with van der Waals surface area (Å²) < 4.78 is 5.00. The Hall–Kier alpha value is -1.51. The Kier molecular flexibility index (Phi) is 1.70. The summed E-state index contributed by atoms with van der Waals surface area (Å²) in [6, 6.07) is 9.70. The van der Waals surface area contributed by atoms with Crippen molar-refractivity contribution in [2.75, 3.05) is 6.54 Å². The van der Waals surface area contributed by atoms with E-state index in [2.05, 4.69) is 5.32 Å². The largest absolute Gasteiger partial charge is 0.439 e. The van der Waals surface area contributed by atoms with Gasteiger partial charge in [0.05, 0.1) is 6.54 Å². The van der Waals surface area contributed by atoms with Crippen LogP contribution in [-0.4, -0.2) is 12.6 Å². The summed E-state index contributed by atoms with van der Waals surface area (Å²) in [6.45, 7) is 0.572. The second kappa shape index (κ2) is 2.85. The van der Waals surface area contributed by atoms with Crippen LogP contribution >= 0.6 is 0 Å². The number of amides is 1. The number of hydrogen-bond donors (Lipinski definition) is 1. The predicted molar refractivity (Wildman–Crippen MR) is 43.7 cm³/mol. The number of carbonyl (C=O) groups is 1. The first kappa shape index (κ1) is 7.16. The van der Waals surface area contributed by atoms with Gasteiger partial charge in [-0.1, -0.05) is 30.3 Å². The van der Waals surface area contributed by atoms with Gasteiger partial charge >= 0.3 is 6.09 Å². The Morgan fingerprint density at radius 3 is 2.67 bits per heavy atom. The van der Waals surface area contributed by atoms with Gasteiger partial charge in [-0.05, 0) is 5.56 Å². The van der Waals surface area contributed by atoms with Crippen LogP contribution in [0.2, 0.25) is 0 Å². The second-order valence-electron chi connectivity index (χ2n) is 2.69. The molecule has 1 unspecified atom stereocenters. The Labute approximate surface area is 70.3 Å². The molecule has 1 fully saturated rings. The molecule has 62 valence electrons. The quantitative estimate of drug-likeness (QED) is 0.679. The van der Waals surface area contributed by atoms with Crippen molar-refractivity contribution in [2.45, 2.75) is 6.10 Å². The third kappa shape index (κ3) is 1.25. The predicted octanol–water partition coefficient (Wildman–Crippen LogP) is 1.47. The summed E-state index contributed by atoms with van der Waals surface area (Å²) in [4.78, 5) is 10.7.